The second kappa shape index (κ2) is 6.83. The molecule has 0 bridgehead atoms. The van der Waals surface area contributed by atoms with Crippen LogP contribution in [-0.2, 0) is 4.79 Å². The van der Waals surface area contributed by atoms with E-state index in [-0.39, 0.29) is 23.5 Å². The van der Waals surface area contributed by atoms with Crippen molar-refractivity contribution in [3.05, 3.63) is 17.9 Å². The summed E-state index contributed by atoms with van der Waals surface area (Å²) < 4.78 is 5.09. The minimum absolute atomic E-state index is 0.0259. The summed E-state index contributed by atoms with van der Waals surface area (Å²) in [7, 11) is 0. The summed E-state index contributed by atoms with van der Waals surface area (Å²) in [4.78, 5) is 22.5. The number of aromatic carboxylic acids is 1. The molecule has 0 aromatic carbocycles. The van der Waals surface area contributed by atoms with E-state index in [4.69, 9.17) is 9.52 Å². The number of rotatable bonds is 5. The van der Waals surface area contributed by atoms with Crippen LogP contribution < -0.4 is 5.32 Å². The number of hydrogen-bond donors (Lipinski definition) is 2. The van der Waals surface area contributed by atoms with E-state index >= 15 is 0 Å². The van der Waals surface area contributed by atoms with Gasteiger partial charge in [-0.25, -0.2) is 4.79 Å². The molecule has 2 N–H and O–H groups in total. The number of nitrogens with one attached hydrogen (secondary N) is 1. The Morgan fingerprint density at radius 1 is 1.40 bits per heavy atom. The van der Waals surface area contributed by atoms with Crippen molar-refractivity contribution < 1.29 is 19.1 Å². The van der Waals surface area contributed by atoms with Gasteiger partial charge in [0.25, 0.3) is 0 Å². The van der Waals surface area contributed by atoms with E-state index in [0.717, 1.165) is 12.8 Å². The summed E-state index contributed by atoms with van der Waals surface area (Å²) >= 11 is 1.21. The zero-order chi connectivity index (χ0) is 14.5. The molecule has 1 aliphatic carbocycles. The first-order valence-corrected chi connectivity index (χ1v) is 7.80. The van der Waals surface area contributed by atoms with Crippen molar-refractivity contribution >= 4 is 23.6 Å². The molecule has 2 atom stereocenters. The Bertz CT molecular complexity index is 485. The van der Waals surface area contributed by atoms with Gasteiger partial charge in [-0.05, 0) is 30.9 Å². The van der Waals surface area contributed by atoms with Crippen molar-refractivity contribution in [2.24, 2.45) is 5.92 Å². The normalized spacial score (nSPS) is 22.4. The van der Waals surface area contributed by atoms with Crippen molar-refractivity contribution in [2.45, 2.75) is 43.7 Å². The van der Waals surface area contributed by atoms with E-state index in [1.165, 1.54) is 30.7 Å². The van der Waals surface area contributed by atoms with Crippen molar-refractivity contribution in [1.29, 1.82) is 0 Å². The molecule has 1 heterocycles. The molecule has 1 fully saturated rings. The number of carboxylic acid groups (broad SMARTS) is 1. The summed E-state index contributed by atoms with van der Waals surface area (Å²) in [6.45, 7) is 2.17. The molecule has 0 spiro atoms. The highest BCUT2D eigenvalue weighted by atomic mass is 32.2. The predicted octanol–water partition coefficient (Wildman–Crippen LogP) is 2.76. The Morgan fingerprint density at radius 2 is 2.15 bits per heavy atom. The van der Waals surface area contributed by atoms with Crippen LogP contribution in [0.15, 0.2) is 21.6 Å². The highest BCUT2D eigenvalue weighted by Crippen LogP contribution is 2.24. The molecule has 1 aromatic rings. The maximum absolute atomic E-state index is 11.9. The topological polar surface area (TPSA) is 79.5 Å². The van der Waals surface area contributed by atoms with E-state index < -0.39 is 5.97 Å². The molecule has 0 radical (unpaired) electrons. The Hall–Kier alpha value is -1.43. The Balaban J connectivity index is 1.78. The van der Waals surface area contributed by atoms with Gasteiger partial charge in [0.2, 0.25) is 11.7 Å². The highest BCUT2D eigenvalue weighted by molar-refractivity contribution is 7.99. The molecule has 5 nitrogen and oxygen atoms in total. The average molecular weight is 297 g/mol. The minimum Gasteiger partial charge on any atom is -0.475 e. The van der Waals surface area contributed by atoms with E-state index in [2.05, 4.69) is 12.2 Å². The molecule has 2 rings (SSSR count). The molecular formula is C14H19NO4S. The minimum atomic E-state index is -1.10. The summed E-state index contributed by atoms with van der Waals surface area (Å²) in [6, 6.07) is 3.24. The van der Waals surface area contributed by atoms with Gasteiger partial charge < -0.3 is 14.8 Å². The molecule has 1 aliphatic rings. The number of furan rings is 1. The van der Waals surface area contributed by atoms with Crippen LogP contribution >= 0.6 is 11.8 Å². The van der Waals surface area contributed by atoms with Crippen molar-refractivity contribution in [2.75, 3.05) is 5.75 Å². The number of carboxylic acids is 1. The number of carbonyl (C=O) groups excluding carboxylic acids is 1. The molecule has 1 amide bonds. The third kappa shape index (κ3) is 4.03. The summed E-state index contributed by atoms with van der Waals surface area (Å²) in [5, 5.41) is 12.2. The second-order valence-electron chi connectivity index (χ2n) is 5.15. The summed E-state index contributed by atoms with van der Waals surface area (Å²) in [5.74, 6) is -0.455. The van der Waals surface area contributed by atoms with Crippen molar-refractivity contribution in [1.82, 2.24) is 5.32 Å². The fraction of sp³-hybridized carbons (Fsp3) is 0.571. The highest BCUT2D eigenvalue weighted by Gasteiger charge is 2.22. The molecule has 6 heteroatoms. The van der Waals surface area contributed by atoms with E-state index in [0.29, 0.717) is 11.0 Å². The summed E-state index contributed by atoms with van der Waals surface area (Å²) in [6.07, 6.45) is 4.62. The monoisotopic (exact) mass is 297 g/mol. The molecule has 0 saturated heterocycles. The van der Waals surface area contributed by atoms with Gasteiger partial charge in [0.15, 0.2) is 5.09 Å². The van der Waals surface area contributed by atoms with E-state index in [9.17, 15) is 9.59 Å². The fourth-order valence-corrected chi connectivity index (χ4v) is 3.10. The lowest BCUT2D eigenvalue weighted by Gasteiger charge is -2.29. The lowest BCUT2D eigenvalue weighted by molar-refractivity contribution is -0.119. The molecule has 0 aliphatic heterocycles. The van der Waals surface area contributed by atoms with Crippen LogP contribution in [0.2, 0.25) is 0 Å². The molecule has 1 saturated carbocycles. The van der Waals surface area contributed by atoms with Gasteiger partial charge in [-0.2, -0.15) is 0 Å². The Kier molecular flexibility index (Phi) is 5.11. The number of hydrogen-bond acceptors (Lipinski definition) is 4. The van der Waals surface area contributed by atoms with Crippen LogP contribution in [0.4, 0.5) is 0 Å². The Labute approximate surface area is 122 Å². The van der Waals surface area contributed by atoms with Crippen molar-refractivity contribution in [3.63, 3.8) is 0 Å². The zero-order valence-corrected chi connectivity index (χ0v) is 12.2. The molecule has 2 unspecified atom stereocenters. The van der Waals surface area contributed by atoms with Gasteiger partial charge in [-0.15, -0.1) is 0 Å². The maximum atomic E-state index is 11.9. The van der Waals surface area contributed by atoms with E-state index in [1.807, 2.05) is 0 Å². The first-order chi connectivity index (χ1) is 9.56. The van der Waals surface area contributed by atoms with Crippen LogP contribution in [0.1, 0.15) is 43.2 Å². The third-order valence-electron chi connectivity index (χ3n) is 3.60. The quantitative estimate of drug-likeness (QED) is 0.817. The summed E-state index contributed by atoms with van der Waals surface area (Å²) in [5.41, 5.74) is 0. The molecular weight excluding hydrogens is 278 g/mol. The average Bonchev–Trinajstić information content (AvgIpc) is 2.88. The van der Waals surface area contributed by atoms with Gasteiger partial charge in [0, 0.05) is 6.04 Å². The third-order valence-corrected chi connectivity index (χ3v) is 4.51. The lowest BCUT2D eigenvalue weighted by Crippen LogP contribution is -2.41. The van der Waals surface area contributed by atoms with E-state index in [1.54, 1.807) is 6.07 Å². The SMILES string of the molecule is CC1CCCCC1NC(=O)CSc1ccc(C(=O)O)o1. The van der Waals surface area contributed by atoms with Gasteiger partial charge in [-0.3, -0.25) is 4.79 Å². The van der Waals surface area contributed by atoms with Gasteiger partial charge >= 0.3 is 5.97 Å². The fourth-order valence-electron chi connectivity index (χ4n) is 2.43. The number of amides is 1. The first kappa shape index (κ1) is 15.0. The smallest absolute Gasteiger partial charge is 0.371 e. The van der Waals surface area contributed by atoms with Crippen molar-refractivity contribution in [3.8, 4) is 0 Å². The van der Waals surface area contributed by atoms with Gasteiger partial charge in [0.05, 0.1) is 5.75 Å². The number of carbonyl (C=O) groups is 2. The maximum Gasteiger partial charge on any atom is 0.371 e. The van der Waals surface area contributed by atoms with Crippen LogP contribution in [0.25, 0.3) is 0 Å². The van der Waals surface area contributed by atoms with Gasteiger partial charge in [0.1, 0.15) is 0 Å². The lowest BCUT2D eigenvalue weighted by atomic mass is 9.86. The Morgan fingerprint density at radius 3 is 2.80 bits per heavy atom. The van der Waals surface area contributed by atoms with Crippen LogP contribution in [0.5, 0.6) is 0 Å². The standard InChI is InChI=1S/C14H19NO4S/c1-9-4-2-3-5-10(9)15-12(16)8-20-13-7-6-11(19-13)14(17)18/h6-7,9-10H,2-5,8H2,1H3,(H,15,16)(H,17,18). The molecule has 1 aromatic heterocycles. The predicted molar refractivity (Wildman–Crippen MR) is 76.0 cm³/mol. The van der Waals surface area contributed by atoms with Crippen LogP contribution in [-0.4, -0.2) is 28.8 Å². The second-order valence-corrected chi connectivity index (χ2v) is 6.13. The van der Waals surface area contributed by atoms with Crippen LogP contribution in [0.3, 0.4) is 0 Å². The molecule has 110 valence electrons. The number of thioether (sulfide) groups is 1. The largest absolute Gasteiger partial charge is 0.475 e. The molecule has 20 heavy (non-hydrogen) atoms. The van der Waals surface area contributed by atoms with Crippen LogP contribution in [0, 0.1) is 5.92 Å². The first-order valence-electron chi connectivity index (χ1n) is 6.81. The van der Waals surface area contributed by atoms with Gasteiger partial charge in [-0.1, -0.05) is 31.5 Å². The zero-order valence-electron chi connectivity index (χ0n) is 11.4.